The average Bonchev–Trinajstić information content (AvgIpc) is 3.67. The van der Waals surface area contributed by atoms with E-state index in [1.807, 2.05) is 42.5 Å². The third-order valence-electron chi connectivity index (χ3n) is 7.80. The summed E-state index contributed by atoms with van der Waals surface area (Å²) in [5.74, 6) is -1.68. The van der Waals surface area contributed by atoms with Crippen molar-refractivity contribution >= 4 is 23.4 Å². The lowest BCUT2D eigenvalue weighted by Gasteiger charge is -2.15. The Bertz CT molecular complexity index is 1610. The molecule has 45 heavy (non-hydrogen) atoms. The second-order valence-corrected chi connectivity index (χ2v) is 11.2. The van der Waals surface area contributed by atoms with Gasteiger partial charge in [-0.3, -0.25) is 24.3 Å². The summed E-state index contributed by atoms with van der Waals surface area (Å²) in [6, 6.07) is 24.1. The van der Waals surface area contributed by atoms with Crippen LogP contribution >= 0.6 is 0 Å². The van der Waals surface area contributed by atoms with Crippen molar-refractivity contribution < 1.29 is 24.3 Å². The van der Waals surface area contributed by atoms with E-state index in [-0.39, 0.29) is 31.4 Å². The number of nitrogens with zero attached hydrogens (tertiary/aromatic N) is 3. The normalized spacial score (nSPS) is 12.2. The van der Waals surface area contributed by atoms with E-state index < -0.39 is 11.8 Å². The lowest BCUT2D eigenvalue weighted by molar-refractivity contribution is -0.135. The molecule has 11 nitrogen and oxygen atoms in total. The first-order valence-electron chi connectivity index (χ1n) is 15.2. The molecule has 1 unspecified atom stereocenters. The molecule has 1 aliphatic carbocycles. The van der Waals surface area contributed by atoms with Crippen molar-refractivity contribution in [3.63, 3.8) is 0 Å². The quantitative estimate of drug-likeness (QED) is 0.0736. The van der Waals surface area contributed by atoms with E-state index in [2.05, 4.69) is 51.3 Å². The van der Waals surface area contributed by atoms with E-state index in [1.54, 1.807) is 16.4 Å². The molecule has 11 heteroatoms. The van der Waals surface area contributed by atoms with Crippen molar-refractivity contribution in [1.29, 1.82) is 0 Å². The number of hydrogen-bond acceptors (Lipinski definition) is 7. The maximum atomic E-state index is 12.8. The Morgan fingerprint density at radius 1 is 0.933 bits per heavy atom. The molecule has 0 spiro atoms. The highest BCUT2D eigenvalue weighted by Crippen LogP contribution is 2.37. The molecule has 0 radical (unpaired) electrons. The van der Waals surface area contributed by atoms with Gasteiger partial charge in [-0.2, -0.15) is 0 Å². The molecule has 0 saturated heterocycles. The molecule has 1 heterocycles. The predicted octanol–water partition coefficient (Wildman–Crippen LogP) is 4.39. The Balaban J connectivity index is 1.00. The maximum Gasteiger partial charge on any atom is 0.244 e. The van der Waals surface area contributed by atoms with Crippen LogP contribution in [0.3, 0.4) is 0 Å². The van der Waals surface area contributed by atoms with E-state index >= 15 is 0 Å². The van der Waals surface area contributed by atoms with Crippen LogP contribution in [0.4, 0.5) is 5.69 Å². The van der Waals surface area contributed by atoms with Crippen LogP contribution in [0, 0.1) is 5.92 Å². The molecule has 234 valence electrons. The minimum atomic E-state index is -0.679. The van der Waals surface area contributed by atoms with Crippen LogP contribution in [-0.2, 0) is 45.2 Å². The van der Waals surface area contributed by atoms with E-state index in [1.165, 1.54) is 22.3 Å². The van der Waals surface area contributed by atoms with Crippen LogP contribution in [0.15, 0.2) is 79.0 Å². The highest BCUT2D eigenvalue weighted by atomic mass is 16.5. The summed E-state index contributed by atoms with van der Waals surface area (Å²) in [7, 11) is 0. The molecule has 0 aliphatic heterocycles. The van der Waals surface area contributed by atoms with Crippen LogP contribution in [-0.4, -0.2) is 44.5 Å². The first-order chi connectivity index (χ1) is 22.0. The summed E-state index contributed by atoms with van der Waals surface area (Å²) in [6.07, 6.45) is 4.60. The molecule has 0 bridgehead atoms. The Morgan fingerprint density at radius 3 is 2.58 bits per heavy atom. The van der Waals surface area contributed by atoms with Gasteiger partial charge in [0, 0.05) is 37.6 Å². The minimum Gasteiger partial charge on any atom is -0.377 e. The summed E-state index contributed by atoms with van der Waals surface area (Å²) in [4.78, 5) is 37.1. The Kier molecular flexibility index (Phi) is 11.0. The predicted molar refractivity (Wildman–Crippen MR) is 168 cm³/mol. The summed E-state index contributed by atoms with van der Waals surface area (Å²) in [6.45, 7) is 1.42. The molecular formula is C34H38N6O5. The van der Waals surface area contributed by atoms with Crippen molar-refractivity contribution in [2.45, 2.75) is 58.2 Å². The molecule has 3 amide bonds. The van der Waals surface area contributed by atoms with Crippen molar-refractivity contribution in [2.24, 2.45) is 5.92 Å². The van der Waals surface area contributed by atoms with Crippen molar-refractivity contribution in [1.82, 2.24) is 25.8 Å². The fraction of sp³-hybridized carbons (Fsp3) is 0.324. The van der Waals surface area contributed by atoms with Crippen molar-refractivity contribution in [3.05, 3.63) is 101 Å². The number of unbranched alkanes of at least 4 members (excludes halogenated alkanes) is 1. The number of ether oxygens (including phenoxy) is 1. The van der Waals surface area contributed by atoms with Crippen LogP contribution < -0.4 is 16.1 Å². The number of aryl methyl sites for hydroxylation is 1. The lowest BCUT2D eigenvalue weighted by Crippen LogP contribution is -2.34. The van der Waals surface area contributed by atoms with Crippen LogP contribution in [0.2, 0.25) is 0 Å². The number of amides is 3. The fourth-order valence-electron chi connectivity index (χ4n) is 5.44. The Labute approximate surface area is 261 Å². The van der Waals surface area contributed by atoms with Gasteiger partial charge in [-0.15, -0.1) is 5.10 Å². The standard InChI is InChI=1S/C34H38N6O5/c41-32(36-28-13-14-31-27(19-28)18-25-10-4-5-11-30(25)31)12-6-7-16-40-22-29(37-39-40)21-35-34(43)26(20-33(42)38-44)15-17-45-23-24-8-2-1-3-9-24/h1-5,8-11,13-14,19,22,26,44H,6-7,12,15-18,20-21,23H2,(H,35,43)(H,36,41)(H,38,42). The fourth-order valence-corrected chi connectivity index (χ4v) is 5.44. The van der Waals surface area contributed by atoms with Crippen LogP contribution in [0.25, 0.3) is 11.1 Å². The molecule has 4 N–H and O–H groups in total. The lowest BCUT2D eigenvalue weighted by atomic mass is 10.0. The van der Waals surface area contributed by atoms with E-state index in [9.17, 15) is 14.4 Å². The first-order valence-corrected chi connectivity index (χ1v) is 15.2. The van der Waals surface area contributed by atoms with Gasteiger partial charge in [0.1, 0.15) is 5.69 Å². The summed E-state index contributed by atoms with van der Waals surface area (Å²) in [5, 5.41) is 23.0. The third kappa shape index (κ3) is 9.07. The van der Waals surface area contributed by atoms with E-state index in [4.69, 9.17) is 9.94 Å². The van der Waals surface area contributed by atoms with E-state index in [0.29, 0.717) is 38.1 Å². The van der Waals surface area contributed by atoms with Gasteiger partial charge in [0.05, 0.1) is 19.3 Å². The summed E-state index contributed by atoms with van der Waals surface area (Å²) < 4.78 is 7.36. The molecule has 1 aliphatic rings. The van der Waals surface area contributed by atoms with Gasteiger partial charge in [0.25, 0.3) is 0 Å². The van der Waals surface area contributed by atoms with Gasteiger partial charge in [0.2, 0.25) is 17.7 Å². The topological polar surface area (TPSA) is 147 Å². The Morgan fingerprint density at radius 2 is 1.73 bits per heavy atom. The molecule has 1 atom stereocenters. The highest BCUT2D eigenvalue weighted by molar-refractivity contribution is 5.91. The average molecular weight is 611 g/mol. The molecule has 4 aromatic rings. The first kappa shape index (κ1) is 31.6. The molecule has 5 rings (SSSR count). The van der Waals surface area contributed by atoms with Crippen molar-refractivity contribution in [3.8, 4) is 11.1 Å². The van der Waals surface area contributed by atoms with Crippen LogP contribution in [0.5, 0.6) is 0 Å². The largest absolute Gasteiger partial charge is 0.377 e. The molecular weight excluding hydrogens is 572 g/mol. The number of hydroxylamine groups is 1. The Hall–Kier alpha value is -4.87. The second kappa shape index (κ2) is 15.7. The molecule has 1 aromatic heterocycles. The number of carbonyl (C=O) groups excluding carboxylic acids is 3. The monoisotopic (exact) mass is 610 g/mol. The number of nitrogens with one attached hydrogen (secondary N) is 3. The summed E-state index contributed by atoms with van der Waals surface area (Å²) >= 11 is 0. The van der Waals surface area contributed by atoms with Gasteiger partial charge in [-0.05, 0) is 65.6 Å². The number of benzene rings is 3. The van der Waals surface area contributed by atoms with Gasteiger partial charge in [-0.1, -0.05) is 65.9 Å². The zero-order chi connectivity index (χ0) is 31.4. The van der Waals surface area contributed by atoms with Gasteiger partial charge in [0.15, 0.2) is 0 Å². The SMILES string of the molecule is O=C(CC(CCOCc1ccccc1)C(=O)NCc1cn(CCCCC(=O)Nc2ccc3c(c2)Cc2ccccc2-3)nn1)NO. The zero-order valence-corrected chi connectivity index (χ0v) is 25.1. The third-order valence-corrected chi connectivity index (χ3v) is 7.80. The highest BCUT2D eigenvalue weighted by Gasteiger charge is 2.22. The van der Waals surface area contributed by atoms with E-state index in [0.717, 1.165) is 24.1 Å². The maximum absolute atomic E-state index is 12.8. The number of carbonyl (C=O) groups is 3. The number of aromatic nitrogens is 3. The smallest absolute Gasteiger partial charge is 0.244 e. The second-order valence-electron chi connectivity index (χ2n) is 11.2. The van der Waals surface area contributed by atoms with Gasteiger partial charge < -0.3 is 15.4 Å². The molecule has 0 fully saturated rings. The number of anilines is 1. The minimum absolute atomic E-state index is 0.0256. The molecule has 3 aromatic carbocycles. The zero-order valence-electron chi connectivity index (χ0n) is 25.1. The van der Waals surface area contributed by atoms with Gasteiger partial charge >= 0.3 is 0 Å². The summed E-state index contributed by atoms with van der Waals surface area (Å²) in [5.41, 5.74) is 9.02. The van der Waals surface area contributed by atoms with Crippen LogP contribution in [0.1, 0.15) is 54.5 Å². The van der Waals surface area contributed by atoms with Gasteiger partial charge in [-0.25, -0.2) is 5.48 Å². The number of hydrogen-bond donors (Lipinski definition) is 4. The number of fused-ring (bicyclic) bond motifs is 3. The van der Waals surface area contributed by atoms with Crippen molar-refractivity contribution in [2.75, 3.05) is 11.9 Å². The molecule has 0 saturated carbocycles. The number of rotatable bonds is 16.